The van der Waals surface area contributed by atoms with Gasteiger partial charge in [0.1, 0.15) is 0 Å². The smallest absolute Gasteiger partial charge is 0.260 e. The molecule has 0 aliphatic carbocycles. The maximum absolute atomic E-state index is 14.7. The average Bonchev–Trinajstić information content (AvgIpc) is 2.99. The number of rotatable bonds is 5. The number of carbonyl (C=O) groups excluding carboxylic acids is 1. The van der Waals surface area contributed by atoms with Crippen LogP contribution in [0.4, 0.5) is 14.6 Å². The molecule has 3 aromatic rings. The summed E-state index contributed by atoms with van der Waals surface area (Å²) in [6.45, 7) is 1.93. The Bertz CT molecular complexity index is 1080. The molecule has 9 heteroatoms. The van der Waals surface area contributed by atoms with E-state index >= 15 is 0 Å². The van der Waals surface area contributed by atoms with Crippen LogP contribution >= 0.6 is 0 Å². The number of nitrogens with zero attached hydrogens (tertiary/aromatic N) is 5. The summed E-state index contributed by atoms with van der Waals surface area (Å²) in [4.78, 5) is 30.7. The van der Waals surface area contributed by atoms with Crippen molar-refractivity contribution < 1.29 is 18.3 Å². The summed E-state index contributed by atoms with van der Waals surface area (Å²) in [5, 5.41) is 0. The van der Waals surface area contributed by atoms with E-state index in [1.165, 1.54) is 36.5 Å². The van der Waals surface area contributed by atoms with Crippen molar-refractivity contribution >= 4 is 11.7 Å². The first kappa shape index (κ1) is 18.9. The fourth-order valence-electron chi connectivity index (χ4n) is 3.45. The largest absolute Gasteiger partial charge is 0.494 e. The zero-order valence-corrected chi connectivity index (χ0v) is 15.8. The minimum Gasteiger partial charge on any atom is -0.494 e. The zero-order valence-electron chi connectivity index (χ0n) is 15.8. The quantitative estimate of drug-likeness (QED) is 0.653. The summed E-state index contributed by atoms with van der Waals surface area (Å²) in [5.74, 6) is -1.77. The van der Waals surface area contributed by atoms with Gasteiger partial charge in [-0.15, -0.1) is 0 Å². The molecule has 1 amide bonds. The summed E-state index contributed by atoms with van der Waals surface area (Å²) in [7, 11) is 1.32. The number of benzene rings is 1. The maximum atomic E-state index is 14.7. The highest BCUT2D eigenvalue weighted by atomic mass is 19.1. The van der Waals surface area contributed by atoms with Gasteiger partial charge in [-0.2, -0.15) is 0 Å². The Morgan fingerprint density at radius 3 is 2.55 bits per heavy atom. The lowest BCUT2D eigenvalue weighted by atomic mass is 10.0. The molecule has 0 saturated carbocycles. The summed E-state index contributed by atoms with van der Waals surface area (Å²) >= 11 is 0. The van der Waals surface area contributed by atoms with Crippen molar-refractivity contribution in [2.45, 2.75) is 25.8 Å². The van der Waals surface area contributed by atoms with Crippen LogP contribution in [0.15, 0.2) is 36.8 Å². The number of amides is 1. The van der Waals surface area contributed by atoms with E-state index in [4.69, 9.17) is 4.74 Å². The number of halogens is 2. The predicted molar refractivity (Wildman–Crippen MR) is 100 cm³/mol. The molecule has 0 fully saturated rings. The van der Waals surface area contributed by atoms with Crippen molar-refractivity contribution in [1.29, 1.82) is 0 Å². The van der Waals surface area contributed by atoms with E-state index in [9.17, 15) is 13.6 Å². The van der Waals surface area contributed by atoms with Crippen molar-refractivity contribution in [2.75, 3.05) is 12.0 Å². The molecule has 1 aromatic carbocycles. The topological polar surface area (TPSA) is 81.1 Å². The molecule has 148 valence electrons. The zero-order chi connectivity index (χ0) is 20.5. The molecule has 1 aliphatic heterocycles. The Balaban J connectivity index is 1.84. The van der Waals surface area contributed by atoms with Gasteiger partial charge in [-0.05, 0) is 30.2 Å². The van der Waals surface area contributed by atoms with Crippen LogP contribution in [0.2, 0.25) is 0 Å². The summed E-state index contributed by atoms with van der Waals surface area (Å²) < 4.78 is 34.0. The van der Waals surface area contributed by atoms with E-state index in [0.717, 1.165) is 6.20 Å². The highest BCUT2D eigenvalue weighted by Crippen LogP contribution is 2.42. The molecule has 0 bridgehead atoms. The molecule has 0 spiro atoms. The average molecular weight is 397 g/mol. The summed E-state index contributed by atoms with van der Waals surface area (Å²) in [5.41, 5.74) is 0.739. The Hall–Kier alpha value is -3.49. The van der Waals surface area contributed by atoms with E-state index in [0.29, 0.717) is 18.4 Å². The minimum atomic E-state index is -0.764. The van der Waals surface area contributed by atoms with Crippen LogP contribution in [0.1, 0.15) is 41.7 Å². The number of hydrogen-bond acceptors (Lipinski definition) is 6. The van der Waals surface area contributed by atoms with Crippen LogP contribution in [0, 0.1) is 11.6 Å². The molecule has 1 aliphatic rings. The van der Waals surface area contributed by atoms with Gasteiger partial charge in [0.25, 0.3) is 5.91 Å². The second kappa shape index (κ2) is 7.50. The van der Waals surface area contributed by atoms with Gasteiger partial charge in [-0.1, -0.05) is 13.3 Å². The van der Waals surface area contributed by atoms with Crippen LogP contribution < -0.4 is 9.64 Å². The van der Waals surface area contributed by atoms with Crippen LogP contribution in [0.3, 0.4) is 0 Å². The fourth-order valence-corrected chi connectivity index (χ4v) is 3.45. The van der Waals surface area contributed by atoms with Crippen LogP contribution in [-0.2, 0) is 0 Å². The number of ether oxygens (including phenoxy) is 1. The van der Waals surface area contributed by atoms with Crippen molar-refractivity contribution in [1.82, 2.24) is 19.9 Å². The SMILES string of the molecule is CCC[C@@H]1c2cc(F)c(OC)cc2C(=O)N1c1nc(-c2ncccn2)ncc1F. The number of anilines is 1. The molecular formula is C20H17F2N5O2. The summed E-state index contributed by atoms with van der Waals surface area (Å²) in [6.07, 6.45) is 5.21. The van der Waals surface area contributed by atoms with Gasteiger partial charge >= 0.3 is 0 Å². The van der Waals surface area contributed by atoms with E-state index in [-0.39, 0.29) is 28.8 Å². The normalized spacial score (nSPS) is 15.5. The van der Waals surface area contributed by atoms with E-state index in [2.05, 4.69) is 19.9 Å². The fraction of sp³-hybridized carbons (Fsp3) is 0.250. The van der Waals surface area contributed by atoms with Gasteiger partial charge < -0.3 is 4.74 Å². The molecule has 3 heterocycles. The molecule has 0 N–H and O–H groups in total. The highest BCUT2D eigenvalue weighted by Gasteiger charge is 2.40. The van der Waals surface area contributed by atoms with Crippen LogP contribution in [-0.4, -0.2) is 33.0 Å². The predicted octanol–water partition coefficient (Wildman–Crippen LogP) is 3.72. The van der Waals surface area contributed by atoms with Crippen molar-refractivity contribution in [2.24, 2.45) is 0 Å². The number of hydrogen-bond donors (Lipinski definition) is 0. The number of fused-ring (bicyclic) bond motifs is 1. The Morgan fingerprint density at radius 1 is 1.10 bits per heavy atom. The second-order valence-electron chi connectivity index (χ2n) is 6.49. The molecule has 4 rings (SSSR count). The number of methoxy groups -OCH3 is 1. The highest BCUT2D eigenvalue weighted by molar-refractivity contribution is 6.11. The van der Waals surface area contributed by atoms with Crippen LogP contribution in [0.5, 0.6) is 5.75 Å². The van der Waals surface area contributed by atoms with Gasteiger partial charge in [-0.25, -0.2) is 28.7 Å². The summed E-state index contributed by atoms with van der Waals surface area (Å²) in [6, 6.07) is 3.69. The van der Waals surface area contributed by atoms with E-state index < -0.39 is 23.6 Å². The first-order chi connectivity index (χ1) is 14.0. The molecular weight excluding hydrogens is 380 g/mol. The van der Waals surface area contributed by atoms with Crippen molar-refractivity contribution in [3.63, 3.8) is 0 Å². The molecule has 7 nitrogen and oxygen atoms in total. The first-order valence-corrected chi connectivity index (χ1v) is 9.06. The molecule has 1 atom stereocenters. The van der Waals surface area contributed by atoms with Crippen molar-refractivity contribution in [3.05, 3.63) is 59.6 Å². The van der Waals surface area contributed by atoms with Crippen LogP contribution in [0.25, 0.3) is 11.6 Å². The van der Waals surface area contributed by atoms with Gasteiger partial charge in [0.2, 0.25) is 0 Å². The minimum absolute atomic E-state index is 0.0456. The van der Waals surface area contributed by atoms with Gasteiger partial charge in [0.15, 0.2) is 34.9 Å². The molecule has 2 aromatic heterocycles. The van der Waals surface area contributed by atoms with E-state index in [1.807, 2.05) is 6.92 Å². The third-order valence-corrected chi connectivity index (χ3v) is 4.73. The standard InChI is InChI=1S/C20H17F2N5O2/c1-3-5-15-11-8-13(21)16(29-2)9-12(11)20(28)27(15)19-14(22)10-25-18(26-19)17-23-6-4-7-24-17/h4,6-10,15H,3,5H2,1-2H3/t15-/m1/s1. The lowest BCUT2D eigenvalue weighted by Crippen LogP contribution is -2.30. The van der Waals surface area contributed by atoms with E-state index in [1.54, 1.807) is 6.07 Å². The van der Waals surface area contributed by atoms with Gasteiger partial charge in [-0.3, -0.25) is 9.69 Å². The Kier molecular flexibility index (Phi) is 4.87. The first-order valence-electron chi connectivity index (χ1n) is 9.06. The second-order valence-corrected chi connectivity index (χ2v) is 6.49. The molecule has 29 heavy (non-hydrogen) atoms. The monoisotopic (exact) mass is 397 g/mol. The lowest BCUT2D eigenvalue weighted by molar-refractivity contribution is 0.0988. The van der Waals surface area contributed by atoms with Crippen molar-refractivity contribution in [3.8, 4) is 17.4 Å². The van der Waals surface area contributed by atoms with Gasteiger partial charge in [0, 0.05) is 18.0 Å². The Labute approximate surface area is 165 Å². The lowest BCUT2D eigenvalue weighted by Gasteiger charge is -2.24. The third-order valence-electron chi connectivity index (χ3n) is 4.73. The Morgan fingerprint density at radius 2 is 1.86 bits per heavy atom. The third kappa shape index (κ3) is 3.18. The maximum Gasteiger partial charge on any atom is 0.260 e. The molecule has 0 radical (unpaired) electrons. The molecule has 0 unspecified atom stereocenters. The van der Waals surface area contributed by atoms with Gasteiger partial charge in [0.05, 0.1) is 19.3 Å². The number of carbonyl (C=O) groups is 1. The molecule has 0 saturated heterocycles. The number of aromatic nitrogens is 4.